The number of ether oxygens (including phenoxy) is 1. The first kappa shape index (κ1) is 16.4. The maximum Gasteiger partial charge on any atom is 0.374 e. The Labute approximate surface area is 133 Å². The zero-order chi connectivity index (χ0) is 16.3. The molecule has 0 spiro atoms. The highest BCUT2D eigenvalue weighted by molar-refractivity contribution is 6.31. The second-order valence-electron chi connectivity index (χ2n) is 5.65. The number of carbonyl (C=O) groups is 2. The highest BCUT2D eigenvalue weighted by Crippen LogP contribution is 2.23. The van der Waals surface area contributed by atoms with Crippen LogP contribution >= 0.6 is 11.6 Å². The molecular formula is C16H18ClNO4. The van der Waals surface area contributed by atoms with Crippen LogP contribution in [-0.2, 0) is 9.53 Å². The molecule has 0 aliphatic heterocycles. The molecule has 0 saturated heterocycles. The third-order valence-corrected chi connectivity index (χ3v) is 3.61. The van der Waals surface area contributed by atoms with E-state index < -0.39 is 5.97 Å². The lowest BCUT2D eigenvalue weighted by Crippen LogP contribution is -2.44. The maximum absolute atomic E-state index is 11.9. The molecule has 1 heterocycles. The van der Waals surface area contributed by atoms with E-state index in [1.54, 1.807) is 18.2 Å². The van der Waals surface area contributed by atoms with E-state index in [1.165, 1.54) is 6.07 Å². The zero-order valence-electron chi connectivity index (χ0n) is 12.7. The molecule has 0 bridgehead atoms. The van der Waals surface area contributed by atoms with Crippen molar-refractivity contribution >= 4 is 34.4 Å². The average molecular weight is 324 g/mol. The van der Waals surface area contributed by atoms with Crippen molar-refractivity contribution in [2.24, 2.45) is 0 Å². The van der Waals surface area contributed by atoms with Crippen molar-refractivity contribution in [1.29, 1.82) is 0 Å². The lowest BCUT2D eigenvalue weighted by molar-refractivity contribution is -0.125. The number of benzene rings is 1. The fourth-order valence-corrected chi connectivity index (χ4v) is 2.00. The van der Waals surface area contributed by atoms with E-state index in [4.69, 9.17) is 20.8 Å². The lowest BCUT2D eigenvalue weighted by atomic mass is 10.0. The summed E-state index contributed by atoms with van der Waals surface area (Å²) in [5.41, 5.74) is 0.201. The first-order valence-corrected chi connectivity index (χ1v) is 7.36. The van der Waals surface area contributed by atoms with Gasteiger partial charge in [0.2, 0.25) is 5.76 Å². The number of halogens is 1. The summed E-state index contributed by atoms with van der Waals surface area (Å²) in [4.78, 5) is 23.6. The smallest absolute Gasteiger partial charge is 0.374 e. The molecule has 0 atom stereocenters. The van der Waals surface area contributed by atoms with Gasteiger partial charge >= 0.3 is 5.97 Å². The summed E-state index contributed by atoms with van der Waals surface area (Å²) in [5.74, 6) is -0.990. The summed E-state index contributed by atoms with van der Waals surface area (Å²) in [6, 6.07) is 6.57. The topological polar surface area (TPSA) is 68.5 Å². The standard InChI is InChI=1S/C16H18ClNO4/c1-4-16(2,3)18-14(19)9-21-15(20)13-8-10-7-11(17)5-6-12(10)22-13/h5-8H,4,9H2,1-3H3,(H,18,19). The van der Waals surface area contributed by atoms with Gasteiger partial charge in [-0.25, -0.2) is 4.79 Å². The van der Waals surface area contributed by atoms with Crippen LogP contribution in [0.15, 0.2) is 28.7 Å². The molecule has 0 aliphatic rings. The second kappa shape index (κ2) is 6.40. The number of hydrogen-bond acceptors (Lipinski definition) is 4. The first-order valence-electron chi connectivity index (χ1n) is 6.98. The fourth-order valence-electron chi connectivity index (χ4n) is 1.82. The van der Waals surface area contributed by atoms with Gasteiger partial charge < -0.3 is 14.5 Å². The number of fused-ring (bicyclic) bond motifs is 1. The molecule has 0 aliphatic carbocycles. The van der Waals surface area contributed by atoms with Gasteiger partial charge in [0.1, 0.15) is 5.58 Å². The Bertz CT molecular complexity index is 705. The first-order chi connectivity index (χ1) is 10.3. The van der Waals surface area contributed by atoms with Crippen molar-refractivity contribution in [2.75, 3.05) is 6.61 Å². The molecule has 1 aromatic heterocycles. The molecule has 1 N–H and O–H groups in total. The van der Waals surface area contributed by atoms with Crippen LogP contribution in [-0.4, -0.2) is 24.0 Å². The summed E-state index contributed by atoms with van der Waals surface area (Å²) >= 11 is 5.87. The monoisotopic (exact) mass is 323 g/mol. The molecule has 5 nitrogen and oxygen atoms in total. The summed E-state index contributed by atoms with van der Waals surface area (Å²) in [7, 11) is 0. The molecule has 118 valence electrons. The van der Waals surface area contributed by atoms with E-state index in [0.717, 1.165) is 6.42 Å². The molecule has 0 unspecified atom stereocenters. The molecule has 0 saturated carbocycles. The lowest BCUT2D eigenvalue weighted by Gasteiger charge is -2.24. The van der Waals surface area contributed by atoms with E-state index >= 15 is 0 Å². The Morgan fingerprint density at radius 2 is 2.05 bits per heavy atom. The van der Waals surface area contributed by atoms with Gasteiger partial charge in [0.05, 0.1) is 0 Å². The Balaban J connectivity index is 1.98. The summed E-state index contributed by atoms with van der Waals surface area (Å²) < 4.78 is 10.3. The summed E-state index contributed by atoms with van der Waals surface area (Å²) in [6.07, 6.45) is 0.775. The van der Waals surface area contributed by atoms with Crippen LogP contribution in [0.4, 0.5) is 0 Å². The summed E-state index contributed by atoms with van der Waals surface area (Å²) in [5, 5.41) is 4.04. The Morgan fingerprint density at radius 3 is 2.73 bits per heavy atom. The molecule has 0 fully saturated rings. The van der Waals surface area contributed by atoms with Crippen LogP contribution in [0.5, 0.6) is 0 Å². The highest BCUT2D eigenvalue weighted by atomic mass is 35.5. The van der Waals surface area contributed by atoms with Crippen LogP contribution in [0.2, 0.25) is 5.02 Å². The van der Waals surface area contributed by atoms with Gasteiger partial charge in [0, 0.05) is 15.9 Å². The number of carbonyl (C=O) groups excluding carboxylic acids is 2. The fraction of sp³-hybridized carbons (Fsp3) is 0.375. The molecular weight excluding hydrogens is 306 g/mol. The maximum atomic E-state index is 11.9. The van der Waals surface area contributed by atoms with Gasteiger partial charge in [-0.3, -0.25) is 4.79 Å². The van der Waals surface area contributed by atoms with Crippen LogP contribution < -0.4 is 5.32 Å². The molecule has 2 rings (SSSR count). The molecule has 1 amide bonds. The van der Waals surface area contributed by atoms with E-state index in [1.807, 2.05) is 20.8 Å². The highest BCUT2D eigenvalue weighted by Gasteiger charge is 2.20. The van der Waals surface area contributed by atoms with E-state index in [9.17, 15) is 9.59 Å². The Hall–Kier alpha value is -2.01. The quantitative estimate of drug-likeness (QED) is 0.854. The molecule has 22 heavy (non-hydrogen) atoms. The Kier molecular flexibility index (Phi) is 4.76. The number of amides is 1. The summed E-state index contributed by atoms with van der Waals surface area (Å²) in [6.45, 7) is 5.41. The van der Waals surface area contributed by atoms with Crippen molar-refractivity contribution < 1.29 is 18.7 Å². The van der Waals surface area contributed by atoms with Crippen molar-refractivity contribution in [3.05, 3.63) is 35.0 Å². The number of furan rings is 1. The van der Waals surface area contributed by atoms with Gasteiger partial charge in [-0.2, -0.15) is 0 Å². The van der Waals surface area contributed by atoms with Gasteiger partial charge in [-0.1, -0.05) is 18.5 Å². The van der Waals surface area contributed by atoms with Gasteiger partial charge in [0.15, 0.2) is 6.61 Å². The number of esters is 1. The SMILES string of the molecule is CCC(C)(C)NC(=O)COC(=O)c1cc2cc(Cl)ccc2o1. The van der Waals surface area contributed by atoms with E-state index in [0.29, 0.717) is 16.0 Å². The third-order valence-electron chi connectivity index (χ3n) is 3.38. The van der Waals surface area contributed by atoms with Gasteiger partial charge in [-0.15, -0.1) is 0 Å². The average Bonchev–Trinajstić information content (AvgIpc) is 2.87. The van der Waals surface area contributed by atoms with E-state index in [2.05, 4.69) is 5.32 Å². The Morgan fingerprint density at radius 1 is 1.32 bits per heavy atom. The zero-order valence-corrected chi connectivity index (χ0v) is 13.5. The minimum absolute atomic E-state index is 0.0415. The van der Waals surface area contributed by atoms with Crippen molar-refractivity contribution in [3.8, 4) is 0 Å². The van der Waals surface area contributed by atoms with Crippen molar-refractivity contribution in [3.63, 3.8) is 0 Å². The van der Waals surface area contributed by atoms with E-state index in [-0.39, 0.29) is 23.8 Å². The number of hydrogen-bond donors (Lipinski definition) is 1. The second-order valence-corrected chi connectivity index (χ2v) is 6.09. The van der Waals surface area contributed by atoms with Crippen LogP contribution in [0.3, 0.4) is 0 Å². The largest absolute Gasteiger partial charge is 0.450 e. The normalized spacial score (nSPS) is 11.5. The van der Waals surface area contributed by atoms with Crippen molar-refractivity contribution in [1.82, 2.24) is 5.32 Å². The van der Waals surface area contributed by atoms with Crippen LogP contribution in [0, 0.1) is 0 Å². The number of rotatable bonds is 5. The van der Waals surface area contributed by atoms with Crippen LogP contribution in [0.1, 0.15) is 37.7 Å². The molecule has 1 aromatic carbocycles. The van der Waals surface area contributed by atoms with Crippen LogP contribution in [0.25, 0.3) is 11.0 Å². The molecule has 2 aromatic rings. The third kappa shape index (κ3) is 4.01. The minimum atomic E-state index is -0.684. The molecule has 6 heteroatoms. The van der Waals surface area contributed by atoms with Crippen molar-refractivity contribution in [2.45, 2.75) is 32.7 Å². The minimum Gasteiger partial charge on any atom is -0.450 e. The predicted octanol–water partition coefficient (Wildman–Crippen LogP) is 3.55. The molecule has 0 radical (unpaired) electrons. The van der Waals surface area contributed by atoms with Gasteiger partial charge in [-0.05, 0) is 44.5 Å². The number of nitrogens with one attached hydrogen (secondary N) is 1. The predicted molar refractivity (Wildman–Crippen MR) is 84.0 cm³/mol. The van der Waals surface area contributed by atoms with Gasteiger partial charge in [0.25, 0.3) is 5.91 Å².